The van der Waals surface area contributed by atoms with Gasteiger partial charge < -0.3 is 9.84 Å². The van der Waals surface area contributed by atoms with Crippen molar-refractivity contribution >= 4 is 26.9 Å². The molecule has 0 amide bonds. The first-order valence-electron chi connectivity index (χ1n) is 5.45. The highest BCUT2D eigenvalue weighted by Crippen LogP contribution is 2.31. The molecule has 4 N–H and O–H groups in total. The Morgan fingerprint density at radius 3 is 2.50 bits per heavy atom. The van der Waals surface area contributed by atoms with E-state index >= 15 is 0 Å². The number of rotatable bonds is 4. The van der Waals surface area contributed by atoms with Gasteiger partial charge in [-0.2, -0.15) is 8.42 Å². The van der Waals surface area contributed by atoms with Crippen molar-refractivity contribution in [3.05, 3.63) is 35.9 Å². The molecular formula is C12H11NO6S. The van der Waals surface area contributed by atoms with Crippen molar-refractivity contribution in [3.63, 3.8) is 0 Å². The molecule has 0 atom stereocenters. The Kier molecular flexibility index (Phi) is 3.62. The summed E-state index contributed by atoms with van der Waals surface area (Å²) in [6, 6.07) is 6.45. The van der Waals surface area contributed by atoms with E-state index in [1.54, 1.807) is 0 Å². The summed E-state index contributed by atoms with van der Waals surface area (Å²) in [7, 11) is -4.33. The largest absolute Gasteiger partial charge is 0.478 e. The molecule has 0 saturated carbocycles. The number of carboxylic acids is 1. The minimum atomic E-state index is -4.33. The monoisotopic (exact) mass is 297 g/mol. The van der Waals surface area contributed by atoms with Crippen LogP contribution >= 0.6 is 0 Å². The minimum Gasteiger partial charge on any atom is -0.478 e. The molecule has 0 unspecified atom stereocenters. The van der Waals surface area contributed by atoms with Gasteiger partial charge in [-0.15, -0.1) is 0 Å². The molecule has 0 fully saturated rings. The zero-order valence-electron chi connectivity index (χ0n) is 10.1. The first kappa shape index (κ1) is 14.3. The van der Waals surface area contributed by atoms with Crippen LogP contribution in [0, 0.1) is 0 Å². The molecule has 20 heavy (non-hydrogen) atoms. The van der Waals surface area contributed by atoms with Gasteiger partial charge in [-0.05, 0) is 29.7 Å². The number of aromatic carboxylic acids is 1. The van der Waals surface area contributed by atoms with Crippen LogP contribution in [0.4, 0.5) is 0 Å². The van der Waals surface area contributed by atoms with Crippen molar-refractivity contribution in [2.24, 2.45) is 5.73 Å². The Morgan fingerprint density at radius 1 is 1.25 bits per heavy atom. The van der Waals surface area contributed by atoms with Gasteiger partial charge in [-0.3, -0.25) is 10.3 Å². The number of benzene rings is 2. The summed E-state index contributed by atoms with van der Waals surface area (Å²) in [5.74, 6) is -1.13. The number of fused-ring (bicyclic) bond motifs is 1. The summed E-state index contributed by atoms with van der Waals surface area (Å²) in [6.45, 7) is -0.223. The van der Waals surface area contributed by atoms with E-state index in [4.69, 9.17) is 20.1 Å². The highest BCUT2D eigenvalue weighted by Gasteiger charge is 2.17. The van der Waals surface area contributed by atoms with Crippen LogP contribution in [0.2, 0.25) is 0 Å². The fourth-order valence-corrected chi connectivity index (χ4v) is 2.36. The van der Waals surface area contributed by atoms with Crippen molar-refractivity contribution in [1.82, 2.24) is 0 Å². The second kappa shape index (κ2) is 5.08. The van der Waals surface area contributed by atoms with E-state index in [-0.39, 0.29) is 22.9 Å². The lowest BCUT2D eigenvalue weighted by atomic mass is 10.1. The zero-order valence-corrected chi connectivity index (χ0v) is 10.9. The molecule has 8 heteroatoms. The summed E-state index contributed by atoms with van der Waals surface area (Å²) in [6.07, 6.45) is 0. The lowest BCUT2D eigenvalue weighted by Crippen LogP contribution is -2.11. The molecule has 0 saturated heterocycles. The van der Waals surface area contributed by atoms with Crippen molar-refractivity contribution in [2.45, 2.75) is 4.90 Å². The normalized spacial score (nSPS) is 11.5. The predicted molar refractivity (Wildman–Crippen MR) is 70.4 cm³/mol. The van der Waals surface area contributed by atoms with Gasteiger partial charge in [0.1, 0.15) is 18.0 Å². The molecule has 2 aromatic carbocycles. The molecule has 0 aliphatic heterocycles. The third kappa shape index (κ3) is 2.57. The molecule has 2 aromatic rings. The van der Waals surface area contributed by atoms with Gasteiger partial charge in [-0.25, -0.2) is 4.79 Å². The second-order valence-electron chi connectivity index (χ2n) is 3.92. The van der Waals surface area contributed by atoms with Crippen LogP contribution in [-0.4, -0.2) is 30.8 Å². The van der Waals surface area contributed by atoms with Gasteiger partial charge in [0.05, 0.1) is 4.90 Å². The molecule has 2 rings (SSSR count). The molecule has 0 spiro atoms. The van der Waals surface area contributed by atoms with E-state index in [0.717, 1.165) is 6.07 Å². The number of hydrogen-bond donors (Lipinski definition) is 3. The van der Waals surface area contributed by atoms with Crippen LogP contribution in [0.25, 0.3) is 10.8 Å². The third-order valence-corrected chi connectivity index (χ3v) is 3.55. The van der Waals surface area contributed by atoms with Gasteiger partial charge in [0.25, 0.3) is 10.1 Å². The van der Waals surface area contributed by atoms with Crippen molar-refractivity contribution < 1.29 is 27.6 Å². The molecule has 0 aromatic heterocycles. The van der Waals surface area contributed by atoms with Gasteiger partial charge in [0.15, 0.2) is 0 Å². The standard InChI is InChI=1S/C12H11NO6S/c13-6-19-11-9-4-2-8(20(16,17)18)5-7(9)1-3-10(11)12(14)15/h1-5H,6,13H2,(H,14,15)(H,16,17,18). The number of nitrogens with two attached hydrogens (primary N) is 1. The quantitative estimate of drug-likeness (QED) is 0.569. The molecule has 0 aliphatic carbocycles. The smallest absolute Gasteiger partial charge is 0.339 e. The highest BCUT2D eigenvalue weighted by molar-refractivity contribution is 7.85. The fourth-order valence-electron chi connectivity index (χ4n) is 1.85. The summed E-state index contributed by atoms with van der Waals surface area (Å²) < 4.78 is 36.3. The molecule has 106 valence electrons. The second-order valence-corrected chi connectivity index (χ2v) is 5.34. The molecule has 0 heterocycles. The van der Waals surface area contributed by atoms with Crippen LogP contribution in [0.3, 0.4) is 0 Å². The van der Waals surface area contributed by atoms with Gasteiger partial charge in [-0.1, -0.05) is 6.07 Å². The Hall–Kier alpha value is -2.16. The lowest BCUT2D eigenvalue weighted by Gasteiger charge is -2.11. The summed E-state index contributed by atoms with van der Waals surface area (Å²) in [4.78, 5) is 10.8. The summed E-state index contributed by atoms with van der Waals surface area (Å²) in [5.41, 5.74) is 5.19. The number of hydrogen-bond acceptors (Lipinski definition) is 5. The van der Waals surface area contributed by atoms with Crippen molar-refractivity contribution in [3.8, 4) is 5.75 Å². The van der Waals surface area contributed by atoms with Crippen LogP contribution < -0.4 is 10.5 Å². The Labute approximate surface area is 114 Å². The molecular weight excluding hydrogens is 286 g/mol. The third-order valence-electron chi connectivity index (χ3n) is 2.70. The lowest BCUT2D eigenvalue weighted by molar-refractivity contribution is 0.0692. The molecule has 0 radical (unpaired) electrons. The number of carboxylic acid groups (broad SMARTS) is 1. The number of carbonyl (C=O) groups is 1. The maximum absolute atomic E-state index is 11.1. The van der Waals surface area contributed by atoms with E-state index in [2.05, 4.69) is 0 Å². The average molecular weight is 297 g/mol. The summed E-state index contributed by atoms with van der Waals surface area (Å²) in [5, 5.41) is 9.88. The van der Waals surface area contributed by atoms with Crippen LogP contribution in [0.15, 0.2) is 35.2 Å². The Bertz CT molecular complexity index is 784. The van der Waals surface area contributed by atoms with E-state index < -0.39 is 16.1 Å². The van der Waals surface area contributed by atoms with Crippen molar-refractivity contribution in [2.75, 3.05) is 6.73 Å². The van der Waals surface area contributed by atoms with E-state index in [0.29, 0.717) is 10.8 Å². The maximum Gasteiger partial charge on any atom is 0.339 e. The Balaban J connectivity index is 2.76. The average Bonchev–Trinajstić information content (AvgIpc) is 2.37. The molecule has 0 bridgehead atoms. The Morgan fingerprint density at radius 2 is 1.95 bits per heavy atom. The van der Waals surface area contributed by atoms with Crippen LogP contribution in [0.5, 0.6) is 5.75 Å². The van der Waals surface area contributed by atoms with E-state index in [1.165, 1.54) is 24.3 Å². The molecule has 7 nitrogen and oxygen atoms in total. The molecule has 0 aliphatic rings. The first-order chi connectivity index (χ1) is 9.34. The van der Waals surface area contributed by atoms with Gasteiger partial charge in [0, 0.05) is 5.39 Å². The van der Waals surface area contributed by atoms with E-state index in [9.17, 15) is 13.2 Å². The zero-order chi connectivity index (χ0) is 14.9. The van der Waals surface area contributed by atoms with Gasteiger partial charge >= 0.3 is 5.97 Å². The first-order valence-corrected chi connectivity index (χ1v) is 6.89. The maximum atomic E-state index is 11.1. The van der Waals surface area contributed by atoms with Gasteiger partial charge in [0.2, 0.25) is 0 Å². The number of ether oxygens (including phenoxy) is 1. The van der Waals surface area contributed by atoms with Crippen LogP contribution in [0.1, 0.15) is 10.4 Å². The SMILES string of the molecule is NCOc1c(C(=O)O)ccc2cc(S(=O)(=O)O)ccc12. The summed E-state index contributed by atoms with van der Waals surface area (Å²) >= 11 is 0. The van der Waals surface area contributed by atoms with Crippen molar-refractivity contribution in [1.29, 1.82) is 0 Å². The van der Waals surface area contributed by atoms with Crippen LogP contribution in [-0.2, 0) is 10.1 Å². The topological polar surface area (TPSA) is 127 Å². The highest BCUT2D eigenvalue weighted by atomic mass is 32.2. The van der Waals surface area contributed by atoms with E-state index in [1.807, 2.05) is 0 Å². The fraction of sp³-hybridized carbons (Fsp3) is 0.0833. The minimum absolute atomic E-state index is 0.0550. The predicted octanol–water partition coefficient (Wildman–Crippen LogP) is 1.08.